The van der Waals surface area contributed by atoms with Gasteiger partial charge >= 0.3 is 0 Å². The third kappa shape index (κ3) is 2.86. The quantitative estimate of drug-likeness (QED) is 0.653. The van der Waals surface area contributed by atoms with Crippen molar-refractivity contribution >= 4 is 17.5 Å². The standard InChI is InChI=1S/C11H10FN3O2S/c1-6-13-11(15-14-6)18-5-10(17)8-4-7(12)2-3-9(8)16/h2-4,16H,5H2,1H3,(H,13,14,15). The van der Waals surface area contributed by atoms with Gasteiger partial charge in [-0.25, -0.2) is 9.37 Å². The number of phenols is 1. The molecule has 0 saturated heterocycles. The smallest absolute Gasteiger partial charge is 0.208 e. The Bertz CT molecular complexity index is 585. The Hall–Kier alpha value is -1.89. The summed E-state index contributed by atoms with van der Waals surface area (Å²) in [5.41, 5.74) is -0.0326. The summed E-state index contributed by atoms with van der Waals surface area (Å²) in [5, 5.41) is 16.4. The van der Waals surface area contributed by atoms with E-state index in [0.29, 0.717) is 11.0 Å². The van der Waals surface area contributed by atoms with Crippen molar-refractivity contribution in [3.63, 3.8) is 0 Å². The number of ketones is 1. The van der Waals surface area contributed by atoms with E-state index in [0.717, 1.165) is 30.0 Å². The summed E-state index contributed by atoms with van der Waals surface area (Å²) in [6, 6.07) is 3.27. The number of aryl methyl sites for hydroxylation is 1. The number of carbonyl (C=O) groups excluding carboxylic acids is 1. The molecular formula is C11H10FN3O2S. The molecule has 0 atom stereocenters. The van der Waals surface area contributed by atoms with Gasteiger partial charge in [0.15, 0.2) is 5.78 Å². The minimum Gasteiger partial charge on any atom is -0.507 e. The van der Waals surface area contributed by atoms with Crippen molar-refractivity contribution in [2.75, 3.05) is 5.75 Å². The van der Waals surface area contributed by atoms with E-state index in [1.807, 2.05) is 0 Å². The van der Waals surface area contributed by atoms with Gasteiger partial charge in [-0.15, -0.1) is 5.10 Å². The number of benzene rings is 1. The molecule has 18 heavy (non-hydrogen) atoms. The van der Waals surface area contributed by atoms with Crippen molar-refractivity contribution in [1.29, 1.82) is 0 Å². The number of rotatable bonds is 4. The summed E-state index contributed by atoms with van der Waals surface area (Å²) in [6.07, 6.45) is 0. The average molecular weight is 267 g/mol. The van der Waals surface area contributed by atoms with E-state index in [1.54, 1.807) is 6.92 Å². The molecule has 1 aromatic heterocycles. The van der Waals surface area contributed by atoms with E-state index in [4.69, 9.17) is 0 Å². The first-order valence-electron chi connectivity index (χ1n) is 5.10. The summed E-state index contributed by atoms with van der Waals surface area (Å²) in [4.78, 5) is 15.8. The highest BCUT2D eigenvalue weighted by atomic mass is 32.2. The number of thioether (sulfide) groups is 1. The Morgan fingerprint density at radius 1 is 1.56 bits per heavy atom. The maximum atomic E-state index is 13.0. The van der Waals surface area contributed by atoms with Crippen molar-refractivity contribution in [3.05, 3.63) is 35.4 Å². The second-order valence-corrected chi connectivity index (χ2v) is 4.52. The van der Waals surface area contributed by atoms with Gasteiger partial charge in [0.05, 0.1) is 11.3 Å². The van der Waals surface area contributed by atoms with Crippen molar-refractivity contribution < 1.29 is 14.3 Å². The second-order valence-electron chi connectivity index (χ2n) is 3.58. The lowest BCUT2D eigenvalue weighted by molar-refractivity contribution is 0.101. The highest BCUT2D eigenvalue weighted by molar-refractivity contribution is 7.99. The molecule has 0 bridgehead atoms. The van der Waals surface area contributed by atoms with Gasteiger partial charge in [0, 0.05) is 0 Å². The minimum absolute atomic E-state index is 0.0326. The third-order valence-corrected chi connectivity index (χ3v) is 3.02. The predicted octanol–water partition coefficient (Wildman–Crippen LogP) is 1.93. The van der Waals surface area contributed by atoms with Crippen LogP contribution in [0.4, 0.5) is 4.39 Å². The van der Waals surface area contributed by atoms with Gasteiger partial charge in [0.25, 0.3) is 0 Å². The number of hydrogen-bond acceptors (Lipinski definition) is 5. The van der Waals surface area contributed by atoms with Crippen LogP contribution in [0.25, 0.3) is 0 Å². The Morgan fingerprint density at radius 3 is 3.00 bits per heavy atom. The Balaban J connectivity index is 2.05. The first-order valence-corrected chi connectivity index (χ1v) is 6.08. The van der Waals surface area contributed by atoms with Crippen LogP contribution in [0.1, 0.15) is 16.2 Å². The highest BCUT2D eigenvalue weighted by Gasteiger charge is 2.13. The van der Waals surface area contributed by atoms with E-state index < -0.39 is 5.82 Å². The fraction of sp³-hybridized carbons (Fsp3) is 0.182. The summed E-state index contributed by atoms with van der Waals surface area (Å²) >= 11 is 1.12. The molecule has 94 valence electrons. The number of halogens is 1. The molecule has 0 radical (unpaired) electrons. The molecule has 7 heteroatoms. The molecule has 0 aliphatic carbocycles. The molecule has 1 heterocycles. The van der Waals surface area contributed by atoms with Crippen molar-refractivity contribution in [2.45, 2.75) is 12.1 Å². The van der Waals surface area contributed by atoms with Crippen molar-refractivity contribution in [1.82, 2.24) is 15.2 Å². The van der Waals surface area contributed by atoms with E-state index in [-0.39, 0.29) is 22.8 Å². The van der Waals surface area contributed by atoms with E-state index in [2.05, 4.69) is 15.2 Å². The molecule has 2 rings (SSSR count). The van der Waals surface area contributed by atoms with Gasteiger partial charge in [-0.3, -0.25) is 9.89 Å². The molecule has 0 saturated carbocycles. The number of Topliss-reactive ketones (excluding diaryl/α,β-unsaturated/α-hetero) is 1. The molecule has 1 aromatic carbocycles. The van der Waals surface area contributed by atoms with Gasteiger partial charge in [0.2, 0.25) is 5.16 Å². The number of hydrogen-bond donors (Lipinski definition) is 2. The zero-order valence-electron chi connectivity index (χ0n) is 9.48. The Kier molecular flexibility index (Phi) is 3.61. The molecule has 0 spiro atoms. The van der Waals surface area contributed by atoms with Gasteiger partial charge in [-0.2, -0.15) is 0 Å². The third-order valence-electron chi connectivity index (χ3n) is 2.17. The van der Waals surface area contributed by atoms with Crippen LogP contribution in [0.3, 0.4) is 0 Å². The number of phenolic OH excluding ortho intramolecular Hbond substituents is 1. The SMILES string of the molecule is Cc1nc(SCC(=O)c2cc(F)ccc2O)n[nH]1. The summed E-state index contributed by atoms with van der Waals surface area (Å²) in [5.74, 6) is -0.477. The van der Waals surface area contributed by atoms with Crippen LogP contribution in [0, 0.1) is 12.7 Å². The second kappa shape index (κ2) is 5.18. The number of aromatic hydroxyl groups is 1. The Morgan fingerprint density at radius 2 is 2.33 bits per heavy atom. The summed E-state index contributed by atoms with van der Waals surface area (Å²) in [7, 11) is 0. The molecule has 0 aliphatic rings. The van der Waals surface area contributed by atoms with Crippen LogP contribution in [0.5, 0.6) is 5.75 Å². The average Bonchev–Trinajstić information content (AvgIpc) is 2.75. The Labute approximate surface area is 106 Å². The predicted molar refractivity (Wildman–Crippen MR) is 64.2 cm³/mol. The number of H-pyrrole nitrogens is 1. The molecule has 5 nitrogen and oxygen atoms in total. The monoisotopic (exact) mass is 267 g/mol. The normalized spacial score (nSPS) is 10.6. The lowest BCUT2D eigenvalue weighted by atomic mass is 10.1. The first-order chi connectivity index (χ1) is 8.56. The fourth-order valence-electron chi connectivity index (χ4n) is 1.33. The first kappa shape index (κ1) is 12.6. The number of aromatic amines is 1. The summed E-state index contributed by atoms with van der Waals surface area (Å²) < 4.78 is 13.0. The number of nitrogens with one attached hydrogen (secondary N) is 1. The van der Waals surface area contributed by atoms with Gasteiger partial charge in [-0.1, -0.05) is 11.8 Å². The highest BCUT2D eigenvalue weighted by Crippen LogP contribution is 2.21. The van der Waals surface area contributed by atoms with E-state index in [1.165, 1.54) is 0 Å². The van der Waals surface area contributed by atoms with Crippen molar-refractivity contribution in [3.8, 4) is 5.75 Å². The molecule has 2 N–H and O–H groups in total. The largest absolute Gasteiger partial charge is 0.507 e. The molecule has 2 aromatic rings. The number of aromatic nitrogens is 3. The van der Waals surface area contributed by atoms with Crippen LogP contribution >= 0.6 is 11.8 Å². The van der Waals surface area contributed by atoms with Crippen LogP contribution in [-0.4, -0.2) is 31.8 Å². The molecule has 0 unspecified atom stereocenters. The van der Waals surface area contributed by atoms with Crippen LogP contribution < -0.4 is 0 Å². The zero-order chi connectivity index (χ0) is 13.1. The zero-order valence-corrected chi connectivity index (χ0v) is 10.3. The van der Waals surface area contributed by atoms with Crippen LogP contribution in [0.2, 0.25) is 0 Å². The van der Waals surface area contributed by atoms with E-state index in [9.17, 15) is 14.3 Å². The summed E-state index contributed by atoms with van der Waals surface area (Å²) in [6.45, 7) is 1.75. The lowest BCUT2D eigenvalue weighted by Gasteiger charge is -2.02. The maximum absolute atomic E-state index is 13.0. The van der Waals surface area contributed by atoms with Gasteiger partial charge < -0.3 is 5.11 Å². The van der Waals surface area contributed by atoms with Gasteiger partial charge in [-0.05, 0) is 25.1 Å². The molecule has 0 aliphatic heterocycles. The molecular weight excluding hydrogens is 257 g/mol. The molecule has 0 fully saturated rings. The van der Waals surface area contributed by atoms with Crippen LogP contribution in [0.15, 0.2) is 23.4 Å². The number of carbonyl (C=O) groups is 1. The topological polar surface area (TPSA) is 78.9 Å². The fourth-order valence-corrected chi connectivity index (χ4v) is 2.05. The minimum atomic E-state index is -0.560. The molecule has 0 amide bonds. The van der Waals surface area contributed by atoms with Crippen molar-refractivity contribution in [2.24, 2.45) is 0 Å². The van der Waals surface area contributed by atoms with Gasteiger partial charge in [0.1, 0.15) is 17.4 Å². The lowest BCUT2D eigenvalue weighted by Crippen LogP contribution is -2.03. The number of nitrogens with zero attached hydrogens (tertiary/aromatic N) is 2. The van der Waals surface area contributed by atoms with Crippen LogP contribution in [-0.2, 0) is 0 Å². The maximum Gasteiger partial charge on any atom is 0.208 e. The van der Waals surface area contributed by atoms with E-state index >= 15 is 0 Å².